The van der Waals surface area contributed by atoms with Gasteiger partial charge in [0, 0.05) is 29.4 Å². The second-order valence-corrected chi connectivity index (χ2v) is 6.96. The second kappa shape index (κ2) is 10.4. The number of ether oxygens (including phenoxy) is 2. The molecule has 0 aliphatic rings. The van der Waals surface area contributed by atoms with E-state index in [2.05, 4.69) is 11.9 Å². The molecule has 0 aliphatic carbocycles. The first-order valence-electron chi connectivity index (χ1n) is 9.52. The summed E-state index contributed by atoms with van der Waals surface area (Å²) in [6.45, 7) is 4.08. The molecule has 0 radical (unpaired) electrons. The van der Waals surface area contributed by atoms with Gasteiger partial charge in [0.2, 0.25) is 0 Å². The van der Waals surface area contributed by atoms with Crippen LogP contribution in [0, 0.1) is 0 Å². The molecule has 0 unspecified atom stereocenters. The summed E-state index contributed by atoms with van der Waals surface area (Å²) >= 11 is 5.81. The Morgan fingerprint density at radius 1 is 1.10 bits per heavy atom. The average Bonchev–Trinajstić information content (AvgIpc) is 2.75. The van der Waals surface area contributed by atoms with Crippen LogP contribution in [0.5, 0.6) is 11.5 Å². The number of benzene rings is 2. The number of nitrogens with one attached hydrogen (secondary N) is 1. The summed E-state index contributed by atoms with van der Waals surface area (Å²) < 4.78 is 16.0. The van der Waals surface area contributed by atoms with Crippen LogP contribution in [-0.2, 0) is 4.79 Å². The molecular formula is C23H20ClNO6. The molecule has 3 aromatic rings. The number of carbonyl (C=O) groups excluding carboxylic acids is 2. The molecule has 0 atom stereocenters. The van der Waals surface area contributed by atoms with Crippen LogP contribution in [0.3, 0.4) is 0 Å². The van der Waals surface area contributed by atoms with Crippen molar-refractivity contribution in [3.8, 4) is 11.5 Å². The van der Waals surface area contributed by atoms with Crippen molar-refractivity contribution in [2.45, 2.75) is 12.8 Å². The van der Waals surface area contributed by atoms with E-state index >= 15 is 0 Å². The Morgan fingerprint density at radius 2 is 1.84 bits per heavy atom. The van der Waals surface area contributed by atoms with Crippen molar-refractivity contribution in [3.63, 3.8) is 0 Å². The van der Waals surface area contributed by atoms with E-state index in [4.69, 9.17) is 25.5 Å². The molecule has 3 rings (SSSR count). The minimum Gasteiger partial charge on any atom is -0.494 e. The van der Waals surface area contributed by atoms with Crippen molar-refractivity contribution in [1.82, 2.24) is 5.32 Å². The van der Waals surface area contributed by atoms with E-state index in [9.17, 15) is 14.4 Å². The van der Waals surface area contributed by atoms with E-state index in [1.807, 2.05) is 0 Å². The van der Waals surface area contributed by atoms with Gasteiger partial charge in [-0.15, -0.1) is 6.58 Å². The Morgan fingerprint density at radius 3 is 2.58 bits per heavy atom. The quantitative estimate of drug-likeness (QED) is 0.176. The SMILES string of the molecule is C=CCNC(=O)c1cc2ccc(OC(=O)CCCOc3ccc(Cl)cc3)cc2oc1=O. The zero-order chi connectivity index (χ0) is 22.2. The topological polar surface area (TPSA) is 94.8 Å². The zero-order valence-electron chi connectivity index (χ0n) is 16.6. The Hall–Kier alpha value is -3.58. The van der Waals surface area contributed by atoms with Crippen molar-refractivity contribution >= 4 is 34.4 Å². The van der Waals surface area contributed by atoms with Crippen molar-refractivity contribution in [2.75, 3.05) is 13.2 Å². The van der Waals surface area contributed by atoms with Crippen LogP contribution in [-0.4, -0.2) is 25.0 Å². The molecule has 1 heterocycles. The Kier molecular flexibility index (Phi) is 7.45. The molecular weight excluding hydrogens is 422 g/mol. The Labute approximate surface area is 183 Å². The first-order chi connectivity index (χ1) is 15.0. The summed E-state index contributed by atoms with van der Waals surface area (Å²) in [7, 11) is 0. The molecule has 31 heavy (non-hydrogen) atoms. The molecule has 0 spiro atoms. The van der Waals surface area contributed by atoms with Gasteiger partial charge in [-0.2, -0.15) is 0 Å². The van der Waals surface area contributed by atoms with Crippen LogP contribution in [0.4, 0.5) is 0 Å². The smallest absolute Gasteiger partial charge is 0.349 e. The van der Waals surface area contributed by atoms with Gasteiger partial charge in [-0.1, -0.05) is 17.7 Å². The summed E-state index contributed by atoms with van der Waals surface area (Å²) in [4.78, 5) is 36.2. The highest BCUT2D eigenvalue weighted by Gasteiger charge is 2.14. The van der Waals surface area contributed by atoms with Crippen molar-refractivity contribution in [3.05, 3.63) is 82.2 Å². The minimum atomic E-state index is -0.781. The standard InChI is InChI=1S/C23H20ClNO6/c1-2-11-25-22(27)19-13-15-5-8-18(14-20(15)31-23(19)28)30-21(26)4-3-12-29-17-9-6-16(24)7-10-17/h2,5-10,13-14H,1,3-4,11-12H2,(H,25,27). The van der Waals surface area contributed by atoms with Crippen LogP contribution in [0.15, 0.2) is 70.4 Å². The molecule has 0 bridgehead atoms. The summed E-state index contributed by atoms with van der Waals surface area (Å²) in [6, 6.07) is 13.0. The normalized spacial score (nSPS) is 10.5. The number of hydrogen-bond donors (Lipinski definition) is 1. The molecule has 8 heteroatoms. The number of esters is 1. The van der Waals surface area contributed by atoms with Gasteiger partial charge in [-0.3, -0.25) is 9.59 Å². The lowest BCUT2D eigenvalue weighted by molar-refractivity contribution is -0.134. The number of carbonyl (C=O) groups is 2. The maximum atomic E-state index is 12.1. The number of fused-ring (bicyclic) bond motifs is 1. The highest BCUT2D eigenvalue weighted by atomic mass is 35.5. The number of amides is 1. The lowest BCUT2D eigenvalue weighted by atomic mass is 10.1. The van der Waals surface area contributed by atoms with Gasteiger partial charge in [-0.05, 0) is 48.9 Å². The van der Waals surface area contributed by atoms with Crippen molar-refractivity contribution in [2.24, 2.45) is 0 Å². The van der Waals surface area contributed by atoms with Gasteiger partial charge in [-0.25, -0.2) is 4.79 Å². The van der Waals surface area contributed by atoms with Gasteiger partial charge in [0.05, 0.1) is 6.61 Å². The van der Waals surface area contributed by atoms with E-state index in [-0.39, 0.29) is 29.9 Å². The third kappa shape index (κ3) is 6.20. The molecule has 0 aliphatic heterocycles. The van der Waals surface area contributed by atoms with Crippen LogP contribution < -0.4 is 20.4 Å². The summed E-state index contributed by atoms with van der Waals surface area (Å²) in [6.07, 6.45) is 2.12. The van der Waals surface area contributed by atoms with Crippen LogP contribution in [0.1, 0.15) is 23.2 Å². The molecule has 160 valence electrons. The maximum absolute atomic E-state index is 12.1. The third-order valence-electron chi connectivity index (χ3n) is 4.20. The predicted octanol–water partition coefficient (Wildman–Crippen LogP) is 4.13. The molecule has 0 saturated carbocycles. The first-order valence-corrected chi connectivity index (χ1v) is 9.90. The van der Waals surface area contributed by atoms with E-state index < -0.39 is 17.5 Å². The lowest BCUT2D eigenvalue weighted by Crippen LogP contribution is -2.28. The number of hydrogen-bond acceptors (Lipinski definition) is 6. The minimum absolute atomic E-state index is 0.111. The van der Waals surface area contributed by atoms with Gasteiger partial charge in [0.1, 0.15) is 22.6 Å². The average molecular weight is 442 g/mol. The fourth-order valence-corrected chi connectivity index (χ4v) is 2.82. The van der Waals surface area contributed by atoms with Crippen molar-refractivity contribution in [1.29, 1.82) is 0 Å². The second-order valence-electron chi connectivity index (χ2n) is 6.53. The lowest BCUT2D eigenvalue weighted by Gasteiger charge is -2.07. The monoisotopic (exact) mass is 441 g/mol. The van der Waals surface area contributed by atoms with E-state index in [0.717, 1.165) is 0 Å². The zero-order valence-corrected chi connectivity index (χ0v) is 17.3. The largest absolute Gasteiger partial charge is 0.494 e. The third-order valence-corrected chi connectivity index (χ3v) is 4.45. The summed E-state index contributed by atoms with van der Waals surface area (Å²) in [5.41, 5.74) is -0.682. The van der Waals surface area contributed by atoms with Crippen LogP contribution in [0.2, 0.25) is 5.02 Å². The summed E-state index contributed by atoms with van der Waals surface area (Å²) in [5.74, 6) is -0.0864. The highest BCUT2D eigenvalue weighted by Crippen LogP contribution is 2.21. The molecule has 0 fully saturated rings. The fourth-order valence-electron chi connectivity index (χ4n) is 2.69. The highest BCUT2D eigenvalue weighted by molar-refractivity contribution is 6.30. The molecule has 1 aromatic heterocycles. The Bertz CT molecular complexity index is 1150. The maximum Gasteiger partial charge on any atom is 0.349 e. The number of halogens is 1. The number of rotatable bonds is 9. The predicted molar refractivity (Wildman–Crippen MR) is 117 cm³/mol. The van der Waals surface area contributed by atoms with Gasteiger partial charge in [0.25, 0.3) is 5.91 Å². The summed E-state index contributed by atoms with van der Waals surface area (Å²) in [5, 5.41) is 3.67. The van der Waals surface area contributed by atoms with E-state index in [1.165, 1.54) is 18.2 Å². The molecule has 1 amide bonds. The van der Waals surface area contributed by atoms with Gasteiger partial charge < -0.3 is 19.2 Å². The van der Waals surface area contributed by atoms with Gasteiger partial charge >= 0.3 is 11.6 Å². The van der Waals surface area contributed by atoms with Crippen LogP contribution >= 0.6 is 11.6 Å². The molecule has 1 N–H and O–H groups in total. The fraction of sp³-hybridized carbons (Fsp3) is 0.174. The van der Waals surface area contributed by atoms with Crippen LogP contribution in [0.25, 0.3) is 11.0 Å². The molecule has 0 saturated heterocycles. The van der Waals surface area contributed by atoms with E-state index in [0.29, 0.717) is 29.2 Å². The Balaban J connectivity index is 1.56. The van der Waals surface area contributed by atoms with Crippen molar-refractivity contribution < 1.29 is 23.5 Å². The first kappa shape index (κ1) is 22.1. The van der Waals surface area contributed by atoms with Gasteiger partial charge in [0.15, 0.2) is 0 Å². The van der Waals surface area contributed by atoms with E-state index in [1.54, 1.807) is 36.4 Å². The molecule has 2 aromatic carbocycles. The molecule has 7 nitrogen and oxygen atoms in total.